The van der Waals surface area contributed by atoms with Crippen molar-refractivity contribution in [3.05, 3.63) is 0 Å². The number of nitrogens with one attached hydrogen (secondary N) is 1. The lowest BCUT2D eigenvalue weighted by atomic mass is 9.92. The number of hydrogen-bond acceptors (Lipinski definition) is 1. The molecule has 0 fully saturated rings. The van der Waals surface area contributed by atoms with Gasteiger partial charge >= 0.3 is 6.09 Å². The first kappa shape index (κ1) is 10.8. The summed E-state index contributed by atoms with van der Waals surface area (Å²) in [5, 5.41) is 10.9. The highest BCUT2D eigenvalue weighted by Crippen LogP contribution is 2.14. The number of rotatable bonds is 3. The molecule has 3 heteroatoms. The van der Waals surface area contributed by atoms with E-state index in [1.165, 1.54) is 0 Å². The first-order valence-electron chi connectivity index (χ1n) is 3.84. The van der Waals surface area contributed by atoms with E-state index < -0.39 is 11.6 Å². The van der Waals surface area contributed by atoms with Crippen LogP contribution in [0.4, 0.5) is 4.79 Å². The normalized spacial score (nSPS) is 13.2. The topological polar surface area (TPSA) is 49.3 Å². The second kappa shape index (κ2) is 4.01. The average Bonchev–Trinajstić information content (AvgIpc) is 1.83. The zero-order chi connectivity index (χ0) is 9.78. The number of hydrogen-bond donors (Lipinski definition) is 2. The summed E-state index contributed by atoms with van der Waals surface area (Å²) in [7, 11) is 0. The van der Waals surface area contributed by atoms with Crippen molar-refractivity contribution in [2.45, 2.75) is 32.7 Å². The molecule has 0 radical (unpaired) electrons. The van der Waals surface area contributed by atoms with Crippen LogP contribution >= 0.6 is 0 Å². The van der Waals surface area contributed by atoms with Crippen LogP contribution in [0.3, 0.4) is 0 Å². The van der Waals surface area contributed by atoms with E-state index in [-0.39, 0.29) is 5.92 Å². The zero-order valence-electron chi connectivity index (χ0n) is 7.72. The van der Waals surface area contributed by atoms with Crippen molar-refractivity contribution in [2.75, 3.05) is 0 Å². The van der Waals surface area contributed by atoms with Gasteiger partial charge in [0.15, 0.2) is 0 Å². The molecule has 1 atom stereocenters. The highest BCUT2D eigenvalue weighted by molar-refractivity contribution is 5.65. The molecule has 0 aromatic heterocycles. The summed E-state index contributed by atoms with van der Waals surface area (Å²) in [6.45, 7) is 5.52. The Morgan fingerprint density at radius 3 is 2.58 bits per heavy atom. The quantitative estimate of drug-likeness (QED) is 0.632. The Balaban J connectivity index is 4.05. The van der Waals surface area contributed by atoms with Gasteiger partial charge in [0, 0.05) is 11.5 Å². The van der Waals surface area contributed by atoms with Gasteiger partial charge in [-0.25, -0.2) is 4.79 Å². The molecule has 0 unspecified atom stereocenters. The molecular weight excluding hydrogens is 154 g/mol. The van der Waals surface area contributed by atoms with Crippen LogP contribution in [-0.2, 0) is 0 Å². The molecule has 0 aliphatic heterocycles. The maximum absolute atomic E-state index is 10.3. The lowest BCUT2D eigenvalue weighted by Gasteiger charge is -2.25. The number of carbonyl (C=O) groups is 1. The maximum Gasteiger partial charge on any atom is 0.405 e. The Kier molecular flexibility index (Phi) is 3.62. The van der Waals surface area contributed by atoms with E-state index in [1.807, 2.05) is 20.8 Å². The Labute approximate surface area is 73.2 Å². The molecule has 0 saturated carbocycles. The van der Waals surface area contributed by atoms with Crippen molar-refractivity contribution < 1.29 is 9.90 Å². The molecule has 0 aromatic carbocycles. The van der Waals surface area contributed by atoms with Crippen LogP contribution in [0, 0.1) is 18.3 Å². The van der Waals surface area contributed by atoms with Crippen molar-refractivity contribution in [3.8, 4) is 12.3 Å². The van der Waals surface area contributed by atoms with Crippen LogP contribution in [-0.4, -0.2) is 16.7 Å². The largest absolute Gasteiger partial charge is 0.465 e. The van der Waals surface area contributed by atoms with Crippen LogP contribution in [0.2, 0.25) is 0 Å². The van der Waals surface area contributed by atoms with Gasteiger partial charge in [-0.2, -0.15) is 0 Å². The lowest BCUT2D eigenvalue weighted by molar-refractivity contribution is 0.179. The predicted octanol–water partition coefficient (Wildman–Crippen LogP) is 1.69. The minimum Gasteiger partial charge on any atom is -0.465 e. The molecule has 0 aliphatic carbocycles. The van der Waals surface area contributed by atoms with Crippen LogP contribution in [0.1, 0.15) is 27.2 Å². The van der Waals surface area contributed by atoms with Crippen LogP contribution in [0.15, 0.2) is 0 Å². The van der Waals surface area contributed by atoms with Crippen LogP contribution in [0.5, 0.6) is 0 Å². The summed E-state index contributed by atoms with van der Waals surface area (Å²) in [4.78, 5) is 10.3. The predicted molar refractivity (Wildman–Crippen MR) is 47.9 cm³/mol. The van der Waals surface area contributed by atoms with Gasteiger partial charge in [0.2, 0.25) is 0 Å². The van der Waals surface area contributed by atoms with Crippen LogP contribution < -0.4 is 5.32 Å². The molecule has 0 rings (SSSR count). The highest BCUT2D eigenvalue weighted by Gasteiger charge is 2.21. The third-order valence-electron chi connectivity index (χ3n) is 1.55. The van der Waals surface area contributed by atoms with Gasteiger partial charge in [-0.15, -0.1) is 12.3 Å². The summed E-state index contributed by atoms with van der Waals surface area (Å²) in [5.41, 5.74) is -0.447. The van der Waals surface area contributed by atoms with Crippen molar-refractivity contribution >= 4 is 6.09 Å². The Morgan fingerprint density at radius 1 is 1.75 bits per heavy atom. The number of amides is 1. The van der Waals surface area contributed by atoms with E-state index in [2.05, 4.69) is 11.2 Å². The summed E-state index contributed by atoms with van der Waals surface area (Å²) in [5.74, 6) is 2.65. The lowest BCUT2D eigenvalue weighted by Crippen LogP contribution is -2.43. The van der Waals surface area contributed by atoms with E-state index in [0.717, 1.165) is 0 Å². The maximum atomic E-state index is 10.3. The Morgan fingerprint density at radius 2 is 2.25 bits per heavy atom. The van der Waals surface area contributed by atoms with Crippen molar-refractivity contribution in [2.24, 2.45) is 5.92 Å². The van der Waals surface area contributed by atoms with Gasteiger partial charge in [0.1, 0.15) is 0 Å². The van der Waals surface area contributed by atoms with Crippen molar-refractivity contribution in [1.29, 1.82) is 0 Å². The molecule has 0 heterocycles. The third-order valence-corrected chi connectivity index (χ3v) is 1.55. The van der Waals surface area contributed by atoms with Gasteiger partial charge < -0.3 is 10.4 Å². The fraction of sp³-hybridized carbons (Fsp3) is 0.667. The van der Waals surface area contributed by atoms with E-state index in [4.69, 9.17) is 11.5 Å². The first-order valence-corrected chi connectivity index (χ1v) is 3.84. The van der Waals surface area contributed by atoms with E-state index in [0.29, 0.717) is 6.42 Å². The Hall–Kier alpha value is -1.17. The van der Waals surface area contributed by atoms with Gasteiger partial charge in [0.05, 0.1) is 0 Å². The molecule has 2 N–H and O–H groups in total. The minimum atomic E-state index is -1.01. The molecule has 12 heavy (non-hydrogen) atoms. The molecule has 0 aromatic rings. The van der Waals surface area contributed by atoms with Gasteiger partial charge in [-0.3, -0.25) is 0 Å². The summed E-state index contributed by atoms with van der Waals surface area (Å²) in [6.07, 6.45) is 4.82. The van der Waals surface area contributed by atoms with E-state index >= 15 is 0 Å². The number of terminal acetylenes is 1. The second-order valence-corrected chi connectivity index (χ2v) is 3.59. The summed E-state index contributed by atoms with van der Waals surface area (Å²) < 4.78 is 0. The highest BCUT2D eigenvalue weighted by atomic mass is 16.4. The van der Waals surface area contributed by atoms with Crippen molar-refractivity contribution in [3.63, 3.8) is 0 Å². The average molecular weight is 169 g/mol. The molecule has 0 aliphatic rings. The Bertz CT molecular complexity index is 203. The zero-order valence-corrected chi connectivity index (χ0v) is 7.72. The standard InChI is InChI=1S/C9H15NO2/c1-5-7(2)6-9(3,4)10-8(11)12/h1,7,10H,6H2,2-4H3,(H,11,12)/t7-/m1/s1. The summed E-state index contributed by atoms with van der Waals surface area (Å²) >= 11 is 0. The smallest absolute Gasteiger partial charge is 0.405 e. The third kappa shape index (κ3) is 4.62. The molecule has 1 amide bonds. The number of carboxylic acid groups (broad SMARTS) is 1. The summed E-state index contributed by atoms with van der Waals surface area (Å²) in [6, 6.07) is 0. The van der Waals surface area contributed by atoms with E-state index in [1.54, 1.807) is 0 Å². The van der Waals surface area contributed by atoms with Gasteiger partial charge in [0.25, 0.3) is 0 Å². The monoisotopic (exact) mass is 169 g/mol. The van der Waals surface area contributed by atoms with Gasteiger partial charge in [-0.1, -0.05) is 6.92 Å². The SMILES string of the molecule is C#C[C@@H](C)CC(C)(C)NC(=O)O. The molecule has 0 spiro atoms. The van der Waals surface area contributed by atoms with E-state index in [9.17, 15) is 4.79 Å². The minimum absolute atomic E-state index is 0.0897. The van der Waals surface area contributed by atoms with Crippen molar-refractivity contribution in [1.82, 2.24) is 5.32 Å². The van der Waals surface area contributed by atoms with Crippen LogP contribution in [0.25, 0.3) is 0 Å². The van der Waals surface area contributed by atoms with Gasteiger partial charge in [-0.05, 0) is 20.3 Å². The first-order chi connectivity index (χ1) is 5.37. The fourth-order valence-corrected chi connectivity index (χ4v) is 1.16. The molecule has 0 saturated heterocycles. The second-order valence-electron chi connectivity index (χ2n) is 3.59. The fourth-order valence-electron chi connectivity index (χ4n) is 1.16. The molecule has 3 nitrogen and oxygen atoms in total. The molecule has 0 bridgehead atoms. The molecule has 68 valence electrons. The molecular formula is C9H15NO2.